The molecule has 2 aromatic heterocycles. The predicted molar refractivity (Wildman–Crippen MR) is 76.8 cm³/mol. The number of nitrogens with zero attached hydrogens (tertiary/aromatic N) is 2. The monoisotopic (exact) mass is 263 g/mol. The first kappa shape index (κ1) is 13.3. The lowest BCUT2D eigenvalue weighted by atomic mass is 9.91. The van der Waals surface area contributed by atoms with E-state index in [1.807, 2.05) is 12.5 Å². The molecule has 2 heterocycles. The molecule has 0 aliphatic carbocycles. The Bertz CT molecular complexity index is 485. The summed E-state index contributed by atoms with van der Waals surface area (Å²) in [5.74, 6) is 0. The van der Waals surface area contributed by atoms with Gasteiger partial charge in [0.1, 0.15) is 0 Å². The summed E-state index contributed by atoms with van der Waals surface area (Å²) in [6, 6.07) is 4.38. The fourth-order valence-electron chi connectivity index (χ4n) is 2.15. The SMILES string of the molecule is CC[C@@H](N)c1cncn1CC(C)(C)c1cccs1. The highest BCUT2D eigenvalue weighted by Crippen LogP contribution is 2.30. The summed E-state index contributed by atoms with van der Waals surface area (Å²) in [6.07, 6.45) is 4.71. The summed E-state index contributed by atoms with van der Waals surface area (Å²) in [5, 5.41) is 2.13. The summed E-state index contributed by atoms with van der Waals surface area (Å²) in [7, 11) is 0. The number of nitrogens with two attached hydrogens (primary N) is 1. The Morgan fingerprint density at radius 3 is 2.89 bits per heavy atom. The van der Waals surface area contributed by atoms with Gasteiger partial charge in [-0.05, 0) is 17.9 Å². The summed E-state index contributed by atoms with van der Waals surface area (Å²) >= 11 is 1.81. The van der Waals surface area contributed by atoms with Crippen LogP contribution in [0, 0.1) is 0 Å². The first-order valence-electron chi connectivity index (χ1n) is 6.34. The van der Waals surface area contributed by atoms with Gasteiger partial charge in [-0.25, -0.2) is 4.98 Å². The number of aromatic nitrogens is 2. The van der Waals surface area contributed by atoms with Crippen molar-refractivity contribution < 1.29 is 0 Å². The van der Waals surface area contributed by atoms with E-state index in [1.54, 1.807) is 11.3 Å². The second-order valence-electron chi connectivity index (χ2n) is 5.32. The summed E-state index contributed by atoms with van der Waals surface area (Å²) in [4.78, 5) is 5.64. The molecular formula is C14H21N3S. The highest BCUT2D eigenvalue weighted by Gasteiger charge is 2.24. The third-order valence-corrected chi connectivity index (χ3v) is 4.55. The zero-order valence-corrected chi connectivity index (χ0v) is 12.1. The normalized spacial score (nSPS) is 13.8. The van der Waals surface area contributed by atoms with Gasteiger partial charge in [-0.3, -0.25) is 0 Å². The molecule has 0 saturated heterocycles. The van der Waals surface area contributed by atoms with E-state index in [0.29, 0.717) is 0 Å². The van der Waals surface area contributed by atoms with Gasteiger partial charge in [0.05, 0.1) is 12.0 Å². The van der Waals surface area contributed by atoms with Crippen molar-refractivity contribution in [1.82, 2.24) is 9.55 Å². The third kappa shape index (κ3) is 2.65. The van der Waals surface area contributed by atoms with Crippen LogP contribution in [-0.4, -0.2) is 9.55 Å². The standard InChI is InChI=1S/C14H21N3S/c1-4-11(15)12-8-16-10-17(12)9-14(2,3)13-6-5-7-18-13/h5-8,10-11H,4,9,15H2,1-3H3/t11-/m1/s1. The van der Waals surface area contributed by atoms with Crippen molar-refractivity contribution in [1.29, 1.82) is 0 Å². The molecule has 0 saturated carbocycles. The first-order chi connectivity index (χ1) is 8.54. The second-order valence-corrected chi connectivity index (χ2v) is 6.27. The van der Waals surface area contributed by atoms with Crippen LogP contribution in [0.15, 0.2) is 30.0 Å². The number of rotatable bonds is 5. The van der Waals surface area contributed by atoms with Crippen LogP contribution >= 0.6 is 11.3 Å². The van der Waals surface area contributed by atoms with E-state index < -0.39 is 0 Å². The molecule has 4 heteroatoms. The van der Waals surface area contributed by atoms with E-state index in [0.717, 1.165) is 18.7 Å². The number of hydrogen-bond donors (Lipinski definition) is 1. The minimum atomic E-state index is 0.0756. The molecule has 2 N–H and O–H groups in total. The van der Waals surface area contributed by atoms with Crippen LogP contribution in [0.5, 0.6) is 0 Å². The van der Waals surface area contributed by atoms with Crippen LogP contribution in [0.4, 0.5) is 0 Å². The smallest absolute Gasteiger partial charge is 0.0948 e. The van der Waals surface area contributed by atoms with Gasteiger partial charge in [0.25, 0.3) is 0 Å². The zero-order valence-electron chi connectivity index (χ0n) is 11.3. The van der Waals surface area contributed by atoms with Crippen molar-refractivity contribution in [3.63, 3.8) is 0 Å². The van der Waals surface area contributed by atoms with Crippen LogP contribution in [0.1, 0.15) is 43.8 Å². The topological polar surface area (TPSA) is 43.8 Å². The molecule has 98 valence electrons. The largest absolute Gasteiger partial charge is 0.332 e. The molecule has 0 spiro atoms. The maximum absolute atomic E-state index is 6.12. The van der Waals surface area contributed by atoms with Gasteiger partial charge in [0.2, 0.25) is 0 Å². The second kappa shape index (κ2) is 5.24. The molecular weight excluding hydrogens is 242 g/mol. The molecule has 3 nitrogen and oxygen atoms in total. The van der Waals surface area contributed by atoms with Crippen LogP contribution in [0.25, 0.3) is 0 Å². The molecule has 18 heavy (non-hydrogen) atoms. The van der Waals surface area contributed by atoms with Gasteiger partial charge in [0, 0.05) is 29.1 Å². The van der Waals surface area contributed by atoms with E-state index in [9.17, 15) is 0 Å². The van der Waals surface area contributed by atoms with Crippen LogP contribution < -0.4 is 5.73 Å². The first-order valence-corrected chi connectivity index (χ1v) is 7.22. The summed E-state index contributed by atoms with van der Waals surface area (Å²) in [6.45, 7) is 7.54. The zero-order chi connectivity index (χ0) is 13.2. The van der Waals surface area contributed by atoms with Crippen LogP contribution in [0.3, 0.4) is 0 Å². The lowest BCUT2D eigenvalue weighted by Crippen LogP contribution is -2.25. The summed E-state index contributed by atoms with van der Waals surface area (Å²) < 4.78 is 2.19. The Morgan fingerprint density at radius 1 is 1.50 bits per heavy atom. The molecule has 0 aliphatic heterocycles. The van der Waals surface area contributed by atoms with Gasteiger partial charge in [0.15, 0.2) is 0 Å². The van der Waals surface area contributed by atoms with E-state index in [1.165, 1.54) is 4.88 Å². The quantitative estimate of drug-likeness (QED) is 0.899. The highest BCUT2D eigenvalue weighted by atomic mass is 32.1. The Morgan fingerprint density at radius 2 is 2.28 bits per heavy atom. The fraction of sp³-hybridized carbons (Fsp3) is 0.500. The molecule has 2 rings (SSSR count). The molecule has 0 fully saturated rings. The highest BCUT2D eigenvalue weighted by molar-refractivity contribution is 7.10. The van der Waals surface area contributed by atoms with Gasteiger partial charge in [-0.1, -0.05) is 26.8 Å². The maximum Gasteiger partial charge on any atom is 0.0948 e. The van der Waals surface area contributed by atoms with Gasteiger partial charge < -0.3 is 10.3 Å². The van der Waals surface area contributed by atoms with Crippen LogP contribution in [-0.2, 0) is 12.0 Å². The van der Waals surface area contributed by atoms with Gasteiger partial charge in [-0.15, -0.1) is 11.3 Å². The minimum Gasteiger partial charge on any atom is -0.332 e. The van der Waals surface area contributed by atoms with Gasteiger partial charge >= 0.3 is 0 Å². The van der Waals surface area contributed by atoms with Crippen molar-refractivity contribution in [3.8, 4) is 0 Å². The molecule has 1 atom stereocenters. The molecule has 0 aromatic carbocycles. The molecule has 0 unspecified atom stereocenters. The average Bonchev–Trinajstić information content (AvgIpc) is 2.97. The van der Waals surface area contributed by atoms with Crippen molar-refractivity contribution in [2.24, 2.45) is 5.73 Å². The van der Waals surface area contributed by atoms with E-state index in [-0.39, 0.29) is 11.5 Å². The Balaban J connectivity index is 2.22. The van der Waals surface area contributed by atoms with Crippen molar-refractivity contribution >= 4 is 11.3 Å². The van der Waals surface area contributed by atoms with Gasteiger partial charge in [-0.2, -0.15) is 0 Å². The predicted octanol–water partition coefficient (Wildman–Crippen LogP) is 3.33. The fourth-order valence-corrected chi connectivity index (χ4v) is 2.99. The Kier molecular flexibility index (Phi) is 3.88. The van der Waals surface area contributed by atoms with E-state index in [4.69, 9.17) is 5.73 Å². The summed E-state index contributed by atoms with van der Waals surface area (Å²) in [5.41, 5.74) is 7.35. The lowest BCUT2D eigenvalue weighted by molar-refractivity contribution is 0.425. The molecule has 2 aromatic rings. The molecule has 0 bridgehead atoms. The number of imidazole rings is 1. The van der Waals surface area contributed by atoms with E-state index >= 15 is 0 Å². The van der Waals surface area contributed by atoms with Crippen molar-refractivity contribution in [2.75, 3.05) is 0 Å². The molecule has 0 radical (unpaired) electrons. The van der Waals surface area contributed by atoms with Crippen molar-refractivity contribution in [3.05, 3.63) is 40.6 Å². The maximum atomic E-state index is 6.12. The average molecular weight is 263 g/mol. The minimum absolute atomic E-state index is 0.0756. The van der Waals surface area contributed by atoms with E-state index in [2.05, 4.69) is 47.8 Å². The Hall–Kier alpha value is -1.13. The van der Waals surface area contributed by atoms with Crippen molar-refractivity contribution in [2.45, 2.75) is 45.2 Å². The number of thiophene rings is 1. The Labute approximate surface area is 113 Å². The third-order valence-electron chi connectivity index (χ3n) is 3.32. The number of hydrogen-bond acceptors (Lipinski definition) is 3. The van der Waals surface area contributed by atoms with Crippen LogP contribution in [0.2, 0.25) is 0 Å². The molecule has 0 amide bonds. The molecule has 0 aliphatic rings. The lowest BCUT2D eigenvalue weighted by Gasteiger charge is -2.26.